The van der Waals surface area contributed by atoms with Crippen LogP contribution in [0.2, 0.25) is 10.0 Å². The average molecular weight is 346 g/mol. The number of carbonyl (C=O) groups excluding carboxylic acids is 1. The molecule has 3 aromatic rings. The maximum absolute atomic E-state index is 10.9. The summed E-state index contributed by atoms with van der Waals surface area (Å²) in [5.41, 5.74) is 0.900. The molecule has 3 nitrogen and oxygen atoms in total. The van der Waals surface area contributed by atoms with Gasteiger partial charge in [0.05, 0.1) is 16.0 Å². The number of rotatable bonds is 4. The zero-order valence-corrected chi connectivity index (χ0v) is 13.4. The number of benzene rings is 3. The predicted octanol–water partition coefficient (Wildman–Crippen LogP) is 4.09. The summed E-state index contributed by atoms with van der Waals surface area (Å²) in [6.07, 6.45) is 0. The van der Waals surface area contributed by atoms with E-state index in [0.29, 0.717) is 0 Å². The lowest BCUT2D eigenvalue weighted by Gasteiger charge is -2.13. The second-order valence-electron chi connectivity index (χ2n) is 4.98. The molecule has 0 radical (unpaired) electrons. The number of aromatic carboxylic acids is 1. The summed E-state index contributed by atoms with van der Waals surface area (Å²) < 4.78 is 5.72. The Morgan fingerprint density at radius 3 is 2.35 bits per heavy atom. The highest BCUT2D eigenvalue weighted by Gasteiger charge is 2.11. The lowest BCUT2D eigenvalue weighted by atomic mass is 10.1. The van der Waals surface area contributed by atoms with Crippen molar-refractivity contribution >= 4 is 39.9 Å². The summed E-state index contributed by atoms with van der Waals surface area (Å²) >= 11 is 12.1. The normalized spacial score (nSPS) is 10.7. The molecule has 0 amide bonds. The highest BCUT2D eigenvalue weighted by atomic mass is 35.5. The van der Waals surface area contributed by atoms with Gasteiger partial charge in [-0.15, -0.1) is 0 Å². The van der Waals surface area contributed by atoms with Crippen LogP contribution in [0.25, 0.3) is 10.8 Å². The van der Waals surface area contributed by atoms with Gasteiger partial charge in [0.15, 0.2) is 5.75 Å². The van der Waals surface area contributed by atoms with E-state index in [4.69, 9.17) is 27.9 Å². The van der Waals surface area contributed by atoms with Gasteiger partial charge in [-0.05, 0) is 28.5 Å². The number of halogens is 2. The van der Waals surface area contributed by atoms with Gasteiger partial charge in [0, 0.05) is 5.56 Å². The number of fused-ring (bicyclic) bond motifs is 1. The molecule has 0 fully saturated rings. The quantitative estimate of drug-likeness (QED) is 0.715. The molecule has 0 unspecified atom stereocenters. The van der Waals surface area contributed by atoms with Gasteiger partial charge in [-0.2, -0.15) is 0 Å². The van der Waals surface area contributed by atoms with Crippen LogP contribution in [0.15, 0.2) is 54.6 Å². The van der Waals surface area contributed by atoms with Crippen LogP contribution in [-0.4, -0.2) is 5.97 Å². The highest BCUT2D eigenvalue weighted by molar-refractivity contribution is 6.37. The first kappa shape index (κ1) is 15.7. The SMILES string of the molecule is O=C([O-])c1cc(Cl)c(OCc2cccc3ccccc23)c(Cl)c1. The van der Waals surface area contributed by atoms with Crippen LogP contribution < -0.4 is 9.84 Å². The van der Waals surface area contributed by atoms with Gasteiger partial charge < -0.3 is 14.6 Å². The molecule has 0 bridgehead atoms. The Labute approximate surface area is 143 Å². The number of hydrogen-bond donors (Lipinski definition) is 0. The fourth-order valence-electron chi connectivity index (χ4n) is 2.38. The van der Waals surface area contributed by atoms with Gasteiger partial charge in [0.2, 0.25) is 0 Å². The molecule has 0 spiro atoms. The Morgan fingerprint density at radius 1 is 1.00 bits per heavy atom. The third-order valence-electron chi connectivity index (χ3n) is 3.49. The Balaban J connectivity index is 1.90. The Bertz CT molecular complexity index is 862. The van der Waals surface area contributed by atoms with E-state index in [9.17, 15) is 9.90 Å². The molecule has 3 rings (SSSR count). The largest absolute Gasteiger partial charge is 0.545 e. The monoisotopic (exact) mass is 345 g/mol. The minimum absolute atomic E-state index is 0.0856. The third kappa shape index (κ3) is 3.26. The Hall–Kier alpha value is -2.23. The summed E-state index contributed by atoms with van der Waals surface area (Å²) in [5.74, 6) is -1.08. The van der Waals surface area contributed by atoms with Crippen molar-refractivity contribution < 1.29 is 14.6 Å². The Morgan fingerprint density at radius 2 is 1.65 bits per heavy atom. The number of hydrogen-bond acceptors (Lipinski definition) is 3. The summed E-state index contributed by atoms with van der Waals surface area (Å²) in [6.45, 7) is 0.269. The molecule has 0 atom stereocenters. The minimum atomic E-state index is -1.34. The molecule has 116 valence electrons. The minimum Gasteiger partial charge on any atom is -0.545 e. The van der Waals surface area contributed by atoms with Crippen molar-refractivity contribution in [2.45, 2.75) is 6.61 Å². The topological polar surface area (TPSA) is 49.4 Å². The van der Waals surface area contributed by atoms with Gasteiger partial charge in [-0.3, -0.25) is 0 Å². The van der Waals surface area contributed by atoms with Gasteiger partial charge in [0.25, 0.3) is 0 Å². The lowest BCUT2D eigenvalue weighted by molar-refractivity contribution is -0.255. The molecular weight excluding hydrogens is 335 g/mol. The molecule has 0 aliphatic carbocycles. The maximum Gasteiger partial charge on any atom is 0.157 e. The second-order valence-corrected chi connectivity index (χ2v) is 5.80. The fourth-order valence-corrected chi connectivity index (χ4v) is 2.98. The van der Waals surface area contributed by atoms with Crippen molar-refractivity contribution in [1.82, 2.24) is 0 Å². The van der Waals surface area contributed by atoms with E-state index in [1.165, 1.54) is 12.1 Å². The van der Waals surface area contributed by atoms with Crippen molar-refractivity contribution in [3.05, 3.63) is 75.8 Å². The summed E-state index contributed by atoms with van der Waals surface area (Å²) in [6, 6.07) is 16.4. The van der Waals surface area contributed by atoms with Crippen molar-refractivity contribution in [2.24, 2.45) is 0 Å². The number of carboxylic acid groups (broad SMARTS) is 1. The zero-order valence-electron chi connectivity index (χ0n) is 11.9. The van der Waals surface area contributed by atoms with Crippen LogP contribution in [-0.2, 0) is 6.61 Å². The lowest BCUT2D eigenvalue weighted by Crippen LogP contribution is -2.22. The molecule has 0 heterocycles. The van der Waals surface area contributed by atoms with Crippen LogP contribution >= 0.6 is 23.2 Å². The van der Waals surface area contributed by atoms with Gasteiger partial charge in [0.1, 0.15) is 6.61 Å². The van der Waals surface area contributed by atoms with Crippen LogP contribution in [0.3, 0.4) is 0 Å². The predicted molar refractivity (Wildman–Crippen MR) is 89.1 cm³/mol. The average Bonchev–Trinajstić information content (AvgIpc) is 2.54. The zero-order chi connectivity index (χ0) is 16.4. The standard InChI is InChI=1S/C18H12Cl2O3/c19-15-8-13(18(21)22)9-16(20)17(15)23-10-12-6-3-5-11-4-1-2-7-14(11)12/h1-9H,10H2,(H,21,22)/p-1. The summed E-state index contributed by atoms with van der Waals surface area (Å²) in [7, 11) is 0. The fraction of sp³-hybridized carbons (Fsp3) is 0.0556. The molecule has 23 heavy (non-hydrogen) atoms. The molecule has 0 N–H and O–H groups in total. The van der Waals surface area contributed by atoms with Gasteiger partial charge >= 0.3 is 0 Å². The van der Waals surface area contributed by atoms with E-state index in [2.05, 4.69) is 0 Å². The molecule has 0 aliphatic heterocycles. The van der Waals surface area contributed by atoms with Crippen molar-refractivity contribution in [3.8, 4) is 5.75 Å². The first-order valence-electron chi connectivity index (χ1n) is 6.86. The molecule has 5 heteroatoms. The van der Waals surface area contributed by atoms with Crippen molar-refractivity contribution in [3.63, 3.8) is 0 Å². The first-order chi connectivity index (χ1) is 11.1. The number of carboxylic acids is 1. The Kier molecular flexibility index (Phi) is 4.42. The van der Waals surface area contributed by atoms with E-state index in [1.54, 1.807) is 0 Å². The van der Waals surface area contributed by atoms with E-state index in [1.807, 2.05) is 42.5 Å². The van der Waals surface area contributed by atoms with Crippen molar-refractivity contribution in [2.75, 3.05) is 0 Å². The number of ether oxygens (including phenoxy) is 1. The van der Waals surface area contributed by atoms with Crippen molar-refractivity contribution in [1.29, 1.82) is 0 Å². The van der Waals surface area contributed by atoms with E-state index in [0.717, 1.165) is 16.3 Å². The first-order valence-corrected chi connectivity index (χ1v) is 7.61. The highest BCUT2D eigenvalue weighted by Crippen LogP contribution is 2.35. The molecule has 0 aromatic heterocycles. The summed E-state index contributed by atoms with van der Waals surface area (Å²) in [5, 5.41) is 13.3. The molecule has 0 aliphatic rings. The van der Waals surface area contributed by atoms with E-state index in [-0.39, 0.29) is 28.0 Å². The molecule has 0 saturated heterocycles. The van der Waals surface area contributed by atoms with Gasteiger partial charge in [-0.1, -0.05) is 65.7 Å². The van der Waals surface area contributed by atoms with Crippen LogP contribution in [0, 0.1) is 0 Å². The van der Waals surface area contributed by atoms with E-state index < -0.39 is 5.97 Å². The summed E-state index contributed by atoms with van der Waals surface area (Å²) in [4.78, 5) is 10.9. The second kappa shape index (κ2) is 6.49. The molecule has 0 saturated carbocycles. The van der Waals surface area contributed by atoms with E-state index >= 15 is 0 Å². The van der Waals surface area contributed by atoms with Gasteiger partial charge in [-0.25, -0.2) is 0 Å². The van der Waals surface area contributed by atoms with Crippen LogP contribution in [0.4, 0.5) is 0 Å². The third-order valence-corrected chi connectivity index (χ3v) is 4.05. The smallest absolute Gasteiger partial charge is 0.157 e. The number of carbonyl (C=O) groups is 1. The molecular formula is C18H11Cl2O3-. The maximum atomic E-state index is 10.9. The van der Waals surface area contributed by atoms with Crippen LogP contribution in [0.5, 0.6) is 5.75 Å². The molecule has 3 aromatic carbocycles. The van der Waals surface area contributed by atoms with Crippen LogP contribution in [0.1, 0.15) is 15.9 Å².